The van der Waals surface area contributed by atoms with Gasteiger partial charge in [0.05, 0.1) is 11.5 Å². The molecule has 0 saturated carbocycles. The van der Waals surface area contributed by atoms with Crippen LogP contribution < -0.4 is 5.32 Å². The number of piperazine rings is 1. The fourth-order valence-electron chi connectivity index (χ4n) is 5.64. The molecule has 1 aliphatic carbocycles. The summed E-state index contributed by atoms with van der Waals surface area (Å²) in [6.07, 6.45) is 7.34. The van der Waals surface area contributed by atoms with Crippen LogP contribution in [0.2, 0.25) is 0 Å². The number of anilines is 1. The highest BCUT2D eigenvalue weighted by atomic mass is 32.1. The Bertz CT molecular complexity index is 1150. The minimum Gasteiger partial charge on any atom is -0.374 e. The molecule has 2 amide bonds. The topological polar surface area (TPSA) is 111 Å². The Morgan fingerprint density at radius 3 is 2.88 bits per heavy atom. The fourth-order valence-corrected chi connectivity index (χ4v) is 6.49. The molecule has 9 nitrogen and oxygen atoms in total. The zero-order valence-electron chi connectivity index (χ0n) is 18.7. The molecule has 1 unspecified atom stereocenters. The van der Waals surface area contributed by atoms with Gasteiger partial charge in [-0.1, -0.05) is 41.5 Å². The van der Waals surface area contributed by atoms with Crippen LogP contribution in [-0.4, -0.2) is 64.3 Å². The van der Waals surface area contributed by atoms with E-state index in [1.807, 2.05) is 30.4 Å². The fraction of sp³-hybridized carbons (Fsp3) is 0.478. The standard InChI is InChI=1S/C23H26N6O3S2/c1-28-19(33)18(30)29-20-22(13-23(29,34)21(28)31,16-5-2-3-6-17(16)26-20)14-7-9-15(10-8-14)32-12-4-11-25-27-24/h2-3,5-9,15,19-20,26,33-34H,4,10-13H2,1H3/t15?,19-,20+,22-,23-/m0/s1. The van der Waals surface area contributed by atoms with Crippen molar-refractivity contribution in [2.24, 2.45) is 5.11 Å². The van der Waals surface area contributed by atoms with Crippen LogP contribution in [0.1, 0.15) is 24.8 Å². The Hall–Kier alpha value is -2.59. The summed E-state index contributed by atoms with van der Waals surface area (Å²) in [6, 6.07) is 7.99. The van der Waals surface area contributed by atoms with E-state index in [0.717, 1.165) is 16.8 Å². The van der Waals surface area contributed by atoms with Crippen molar-refractivity contribution in [1.29, 1.82) is 0 Å². The van der Waals surface area contributed by atoms with Crippen LogP contribution in [0, 0.1) is 0 Å². The SMILES string of the molecule is CN1C(=O)[C@@]2(S)C[C@]3(C4=CCC(OCCCN=[N+]=[N-])C=C4)c4ccccc4N[C@@H]3N2C(=O)[C@@H]1S. The van der Waals surface area contributed by atoms with E-state index in [1.165, 1.54) is 4.90 Å². The number of nitrogens with zero attached hydrogens (tertiary/aromatic N) is 5. The molecule has 5 rings (SSSR count). The number of para-hydroxylation sites is 1. The monoisotopic (exact) mass is 498 g/mol. The lowest BCUT2D eigenvalue weighted by molar-refractivity contribution is -0.157. The van der Waals surface area contributed by atoms with E-state index in [9.17, 15) is 9.59 Å². The molecule has 0 bridgehead atoms. The molecule has 2 fully saturated rings. The zero-order valence-corrected chi connectivity index (χ0v) is 20.5. The predicted molar refractivity (Wildman–Crippen MR) is 134 cm³/mol. The summed E-state index contributed by atoms with van der Waals surface area (Å²) in [5.74, 6) is -0.473. The van der Waals surface area contributed by atoms with E-state index in [-0.39, 0.29) is 17.9 Å². The number of hydrogen-bond donors (Lipinski definition) is 3. The Morgan fingerprint density at radius 1 is 1.35 bits per heavy atom. The summed E-state index contributed by atoms with van der Waals surface area (Å²) >= 11 is 9.28. The van der Waals surface area contributed by atoms with Crippen LogP contribution in [0.25, 0.3) is 10.4 Å². The summed E-state index contributed by atoms with van der Waals surface area (Å²) in [4.78, 5) is 31.3. The van der Waals surface area contributed by atoms with Crippen LogP contribution >= 0.6 is 25.3 Å². The highest BCUT2D eigenvalue weighted by molar-refractivity contribution is 7.83. The van der Waals surface area contributed by atoms with Gasteiger partial charge in [0.25, 0.3) is 11.8 Å². The maximum absolute atomic E-state index is 13.4. The average Bonchev–Trinajstić information content (AvgIpc) is 3.30. The third-order valence-corrected chi connectivity index (χ3v) is 8.34. The number of allylic oxidation sites excluding steroid dienone is 1. The van der Waals surface area contributed by atoms with Gasteiger partial charge in [0.15, 0.2) is 10.2 Å². The molecule has 178 valence electrons. The molecule has 0 aromatic heterocycles. The predicted octanol–water partition coefficient (Wildman–Crippen LogP) is 3.23. The van der Waals surface area contributed by atoms with E-state index in [0.29, 0.717) is 32.4 Å². The van der Waals surface area contributed by atoms with E-state index in [2.05, 4.69) is 40.1 Å². The first kappa shape index (κ1) is 23.2. The average molecular weight is 499 g/mol. The van der Waals surface area contributed by atoms with Gasteiger partial charge in [-0.05, 0) is 35.6 Å². The molecule has 1 aromatic rings. The zero-order chi connectivity index (χ0) is 24.1. The van der Waals surface area contributed by atoms with Gasteiger partial charge < -0.3 is 15.0 Å². The quantitative estimate of drug-likeness (QED) is 0.184. The number of fused-ring (bicyclic) bond motifs is 5. The Kier molecular flexibility index (Phi) is 5.84. The van der Waals surface area contributed by atoms with Gasteiger partial charge >= 0.3 is 0 Å². The largest absolute Gasteiger partial charge is 0.374 e. The minimum absolute atomic E-state index is 0.0839. The molecule has 3 heterocycles. The first-order valence-corrected chi connectivity index (χ1v) is 12.2. The smallest absolute Gasteiger partial charge is 0.260 e. The number of benzene rings is 1. The number of azide groups is 1. The number of likely N-dealkylation sites (N-methyl/N-ethyl adjacent to an activating group) is 1. The summed E-state index contributed by atoms with van der Waals surface area (Å²) in [7, 11) is 1.60. The van der Waals surface area contributed by atoms with Gasteiger partial charge in [-0.25, -0.2) is 0 Å². The van der Waals surface area contributed by atoms with Crippen molar-refractivity contribution in [2.45, 2.75) is 47.2 Å². The van der Waals surface area contributed by atoms with Crippen LogP contribution in [0.15, 0.2) is 53.2 Å². The van der Waals surface area contributed by atoms with Crippen molar-refractivity contribution in [1.82, 2.24) is 9.80 Å². The number of amides is 2. The normalized spacial score (nSPS) is 33.6. The molecule has 5 atom stereocenters. The van der Waals surface area contributed by atoms with E-state index in [4.69, 9.17) is 22.9 Å². The third-order valence-electron chi connectivity index (χ3n) is 7.21. The van der Waals surface area contributed by atoms with Crippen molar-refractivity contribution in [3.63, 3.8) is 0 Å². The van der Waals surface area contributed by atoms with Gasteiger partial charge in [0, 0.05) is 37.2 Å². The van der Waals surface area contributed by atoms with Crippen LogP contribution in [0.5, 0.6) is 0 Å². The Balaban J connectivity index is 1.49. The van der Waals surface area contributed by atoms with Crippen LogP contribution in [-0.2, 0) is 19.7 Å². The number of nitrogens with one attached hydrogen (secondary N) is 1. The molecular weight excluding hydrogens is 472 g/mol. The Morgan fingerprint density at radius 2 is 2.15 bits per heavy atom. The number of carbonyl (C=O) groups excluding carboxylic acids is 2. The molecule has 1 aromatic carbocycles. The maximum Gasteiger partial charge on any atom is 0.260 e. The van der Waals surface area contributed by atoms with E-state index < -0.39 is 21.8 Å². The van der Waals surface area contributed by atoms with Gasteiger partial charge in [0.2, 0.25) is 0 Å². The highest BCUT2D eigenvalue weighted by Crippen LogP contribution is 2.61. The Labute approximate surface area is 208 Å². The van der Waals surface area contributed by atoms with Crippen molar-refractivity contribution in [2.75, 3.05) is 25.5 Å². The lowest BCUT2D eigenvalue weighted by atomic mass is 9.70. The second-order valence-corrected chi connectivity index (χ2v) is 10.3. The second-order valence-electron chi connectivity index (χ2n) is 9.03. The van der Waals surface area contributed by atoms with Crippen molar-refractivity contribution >= 4 is 42.8 Å². The van der Waals surface area contributed by atoms with Gasteiger partial charge in [-0.3, -0.25) is 14.5 Å². The maximum atomic E-state index is 13.4. The molecule has 11 heteroatoms. The van der Waals surface area contributed by atoms with Crippen molar-refractivity contribution < 1.29 is 14.3 Å². The molecule has 0 spiro atoms. The molecular formula is C23H26N6O3S2. The first-order valence-electron chi connectivity index (χ1n) is 11.2. The summed E-state index contributed by atoms with van der Waals surface area (Å²) in [6.45, 7) is 0.908. The second kappa shape index (κ2) is 8.57. The van der Waals surface area contributed by atoms with E-state index in [1.54, 1.807) is 11.9 Å². The van der Waals surface area contributed by atoms with Crippen molar-refractivity contribution in [3.05, 3.63) is 64.1 Å². The summed E-state index contributed by atoms with van der Waals surface area (Å²) < 4.78 is 5.91. The molecule has 3 aliphatic heterocycles. The van der Waals surface area contributed by atoms with Crippen LogP contribution in [0.3, 0.4) is 0 Å². The summed E-state index contributed by atoms with van der Waals surface area (Å²) in [5.41, 5.74) is 10.8. The number of ether oxygens (including phenoxy) is 1. The lowest BCUT2D eigenvalue weighted by Crippen LogP contribution is -2.67. The van der Waals surface area contributed by atoms with Gasteiger partial charge in [0.1, 0.15) is 6.17 Å². The highest BCUT2D eigenvalue weighted by Gasteiger charge is 2.70. The molecule has 1 N–H and O–H groups in total. The minimum atomic E-state index is -1.28. The van der Waals surface area contributed by atoms with Gasteiger partial charge in [-0.2, -0.15) is 0 Å². The van der Waals surface area contributed by atoms with Crippen LogP contribution in [0.4, 0.5) is 5.69 Å². The van der Waals surface area contributed by atoms with Gasteiger partial charge in [-0.15, -0.1) is 25.3 Å². The number of hydrogen-bond acceptors (Lipinski definition) is 7. The first-order chi connectivity index (χ1) is 16.3. The third kappa shape index (κ3) is 3.25. The molecule has 2 saturated heterocycles. The van der Waals surface area contributed by atoms with Crippen molar-refractivity contribution in [3.8, 4) is 0 Å². The number of thiol groups is 2. The number of carbonyl (C=O) groups is 2. The molecule has 4 aliphatic rings. The number of rotatable bonds is 6. The van der Waals surface area contributed by atoms with E-state index >= 15 is 0 Å². The summed E-state index contributed by atoms with van der Waals surface area (Å²) in [5, 5.41) is 6.19. The molecule has 34 heavy (non-hydrogen) atoms. The molecule has 0 radical (unpaired) electrons. The lowest BCUT2D eigenvalue weighted by Gasteiger charge is -2.45.